The quantitative estimate of drug-likeness (QED) is 0.848. The fourth-order valence-corrected chi connectivity index (χ4v) is 2.72. The lowest BCUT2D eigenvalue weighted by molar-refractivity contribution is 0.249. The van der Waals surface area contributed by atoms with E-state index in [4.69, 9.17) is 10.5 Å². The van der Waals surface area contributed by atoms with Crippen LogP contribution < -0.4 is 15.4 Å². The van der Waals surface area contributed by atoms with Crippen molar-refractivity contribution in [3.63, 3.8) is 0 Å². The average Bonchev–Trinajstić information content (AvgIpc) is 2.41. The number of hydrogen-bond acceptors (Lipinski definition) is 4. The number of benzene rings is 1. The fourth-order valence-electron chi connectivity index (χ4n) is 2.72. The number of aryl methyl sites for hydroxylation is 1. The van der Waals surface area contributed by atoms with E-state index in [-0.39, 0.29) is 0 Å². The van der Waals surface area contributed by atoms with Gasteiger partial charge in [0.2, 0.25) is 0 Å². The van der Waals surface area contributed by atoms with E-state index in [0.29, 0.717) is 6.04 Å². The SMILES string of the molecule is COc1cc(N)c(C)cc1N1CCC(N(C)C)CC1. The predicted molar refractivity (Wildman–Crippen MR) is 81.1 cm³/mol. The summed E-state index contributed by atoms with van der Waals surface area (Å²) in [5.74, 6) is 0.881. The first-order valence-electron chi connectivity index (χ1n) is 6.88. The number of piperidine rings is 1. The molecule has 1 aliphatic heterocycles. The van der Waals surface area contributed by atoms with E-state index in [1.807, 2.05) is 13.0 Å². The lowest BCUT2D eigenvalue weighted by atomic mass is 10.0. The van der Waals surface area contributed by atoms with Gasteiger partial charge in [0, 0.05) is 30.9 Å². The van der Waals surface area contributed by atoms with Crippen LogP contribution in [0.2, 0.25) is 0 Å². The maximum atomic E-state index is 5.95. The second-order valence-corrected chi connectivity index (χ2v) is 5.56. The molecule has 2 rings (SSSR count). The van der Waals surface area contributed by atoms with Crippen molar-refractivity contribution >= 4 is 11.4 Å². The molecule has 4 heteroatoms. The van der Waals surface area contributed by atoms with Crippen LogP contribution in [0.4, 0.5) is 11.4 Å². The van der Waals surface area contributed by atoms with Gasteiger partial charge in [-0.05, 0) is 45.5 Å². The summed E-state index contributed by atoms with van der Waals surface area (Å²) in [4.78, 5) is 4.73. The number of methoxy groups -OCH3 is 1. The molecule has 0 saturated carbocycles. The Morgan fingerprint density at radius 1 is 1.26 bits per heavy atom. The van der Waals surface area contributed by atoms with Crippen LogP contribution in [0.15, 0.2) is 12.1 Å². The Morgan fingerprint density at radius 2 is 1.89 bits per heavy atom. The van der Waals surface area contributed by atoms with Crippen LogP contribution in [0.25, 0.3) is 0 Å². The second kappa shape index (κ2) is 5.70. The normalized spacial score (nSPS) is 17.0. The fraction of sp³-hybridized carbons (Fsp3) is 0.600. The number of nitrogens with two attached hydrogens (primary N) is 1. The molecule has 0 atom stereocenters. The summed E-state index contributed by atoms with van der Waals surface area (Å²) in [5, 5.41) is 0. The molecule has 106 valence electrons. The minimum absolute atomic E-state index is 0.692. The summed E-state index contributed by atoms with van der Waals surface area (Å²) in [6.07, 6.45) is 2.39. The van der Waals surface area contributed by atoms with Gasteiger partial charge in [-0.2, -0.15) is 0 Å². The van der Waals surface area contributed by atoms with Gasteiger partial charge in [0.15, 0.2) is 0 Å². The molecule has 0 spiro atoms. The molecule has 1 aromatic carbocycles. The Labute approximate surface area is 116 Å². The Hall–Kier alpha value is -1.42. The number of anilines is 2. The number of ether oxygens (including phenoxy) is 1. The first kappa shape index (κ1) is 14.0. The number of nitrogens with zero attached hydrogens (tertiary/aromatic N) is 2. The molecule has 1 aliphatic rings. The molecule has 0 amide bonds. The van der Waals surface area contributed by atoms with Crippen LogP contribution in [-0.4, -0.2) is 45.2 Å². The van der Waals surface area contributed by atoms with Crippen molar-refractivity contribution in [3.8, 4) is 5.75 Å². The zero-order chi connectivity index (χ0) is 14.0. The van der Waals surface area contributed by atoms with E-state index >= 15 is 0 Å². The van der Waals surface area contributed by atoms with Crippen molar-refractivity contribution < 1.29 is 4.74 Å². The van der Waals surface area contributed by atoms with Crippen molar-refractivity contribution in [2.24, 2.45) is 0 Å². The van der Waals surface area contributed by atoms with Crippen LogP contribution in [0, 0.1) is 6.92 Å². The van der Waals surface area contributed by atoms with Gasteiger partial charge < -0.3 is 20.3 Å². The van der Waals surface area contributed by atoms with Gasteiger partial charge in [0.05, 0.1) is 12.8 Å². The van der Waals surface area contributed by atoms with Crippen LogP contribution in [0.5, 0.6) is 5.75 Å². The largest absolute Gasteiger partial charge is 0.495 e. The summed E-state index contributed by atoms with van der Waals surface area (Å²) in [6.45, 7) is 4.19. The molecular weight excluding hydrogens is 238 g/mol. The Morgan fingerprint density at radius 3 is 2.42 bits per heavy atom. The van der Waals surface area contributed by atoms with E-state index in [0.717, 1.165) is 30.1 Å². The molecular formula is C15H25N3O. The highest BCUT2D eigenvalue weighted by atomic mass is 16.5. The van der Waals surface area contributed by atoms with Crippen LogP contribution >= 0.6 is 0 Å². The third-order valence-electron chi connectivity index (χ3n) is 4.10. The smallest absolute Gasteiger partial charge is 0.144 e. The summed E-state index contributed by atoms with van der Waals surface area (Å²) in [5.41, 5.74) is 9.04. The Bertz CT molecular complexity index is 437. The highest BCUT2D eigenvalue weighted by Gasteiger charge is 2.23. The molecule has 0 unspecified atom stereocenters. The van der Waals surface area contributed by atoms with E-state index in [2.05, 4.69) is 30.0 Å². The molecule has 0 aliphatic carbocycles. The van der Waals surface area contributed by atoms with Crippen LogP contribution in [-0.2, 0) is 0 Å². The molecule has 1 heterocycles. The summed E-state index contributed by atoms with van der Waals surface area (Å²) < 4.78 is 5.48. The van der Waals surface area contributed by atoms with Crippen molar-refractivity contribution in [3.05, 3.63) is 17.7 Å². The standard InChI is InChI=1S/C15H25N3O/c1-11-9-14(15(19-4)10-13(11)16)18-7-5-12(6-8-18)17(2)3/h9-10,12H,5-8,16H2,1-4H3. The van der Waals surface area contributed by atoms with Gasteiger partial charge in [-0.15, -0.1) is 0 Å². The van der Waals surface area contributed by atoms with Crippen LogP contribution in [0.3, 0.4) is 0 Å². The highest BCUT2D eigenvalue weighted by Crippen LogP contribution is 2.34. The van der Waals surface area contributed by atoms with Crippen molar-refractivity contribution in [2.45, 2.75) is 25.8 Å². The third kappa shape index (κ3) is 2.95. The number of nitrogen functional groups attached to an aromatic ring is 1. The van der Waals surface area contributed by atoms with E-state index < -0.39 is 0 Å². The van der Waals surface area contributed by atoms with E-state index in [1.54, 1.807) is 7.11 Å². The maximum absolute atomic E-state index is 5.95. The van der Waals surface area contributed by atoms with Gasteiger partial charge in [-0.25, -0.2) is 0 Å². The van der Waals surface area contributed by atoms with Crippen molar-refractivity contribution in [1.29, 1.82) is 0 Å². The van der Waals surface area contributed by atoms with Crippen molar-refractivity contribution in [2.75, 3.05) is 44.9 Å². The zero-order valence-corrected chi connectivity index (χ0v) is 12.4. The molecule has 0 radical (unpaired) electrons. The third-order valence-corrected chi connectivity index (χ3v) is 4.10. The van der Waals surface area contributed by atoms with E-state index in [9.17, 15) is 0 Å². The summed E-state index contributed by atoms with van der Waals surface area (Å²) in [6, 6.07) is 4.77. The summed E-state index contributed by atoms with van der Waals surface area (Å²) in [7, 11) is 6.03. The summed E-state index contributed by atoms with van der Waals surface area (Å²) >= 11 is 0. The first-order chi connectivity index (χ1) is 9.02. The van der Waals surface area contributed by atoms with Gasteiger partial charge in [0.25, 0.3) is 0 Å². The second-order valence-electron chi connectivity index (χ2n) is 5.56. The molecule has 2 N–H and O–H groups in total. The molecule has 1 saturated heterocycles. The zero-order valence-electron chi connectivity index (χ0n) is 12.4. The first-order valence-corrected chi connectivity index (χ1v) is 6.88. The molecule has 0 bridgehead atoms. The minimum atomic E-state index is 0.692. The van der Waals surface area contributed by atoms with Gasteiger partial charge in [-0.3, -0.25) is 0 Å². The maximum Gasteiger partial charge on any atom is 0.144 e. The monoisotopic (exact) mass is 263 g/mol. The average molecular weight is 263 g/mol. The predicted octanol–water partition coefficient (Wildman–Crippen LogP) is 2.12. The van der Waals surface area contributed by atoms with Gasteiger partial charge in [-0.1, -0.05) is 0 Å². The lowest BCUT2D eigenvalue weighted by Crippen LogP contribution is -2.42. The number of rotatable bonds is 3. The molecule has 19 heavy (non-hydrogen) atoms. The topological polar surface area (TPSA) is 41.7 Å². The lowest BCUT2D eigenvalue weighted by Gasteiger charge is -2.37. The minimum Gasteiger partial charge on any atom is -0.495 e. The Balaban J connectivity index is 2.17. The van der Waals surface area contributed by atoms with Gasteiger partial charge >= 0.3 is 0 Å². The van der Waals surface area contributed by atoms with Crippen LogP contribution in [0.1, 0.15) is 18.4 Å². The molecule has 1 fully saturated rings. The molecule has 1 aromatic rings. The Kier molecular flexibility index (Phi) is 4.20. The van der Waals surface area contributed by atoms with Gasteiger partial charge in [0.1, 0.15) is 5.75 Å². The van der Waals surface area contributed by atoms with Crippen molar-refractivity contribution in [1.82, 2.24) is 4.90 Å². The molecule has 4 nitrogen and oxygen atoms in total. The number of hydrogen-bond donors (Lipinski definition) is 1. The molecule has 0 aromatic heterocycles. The van der Waals surface area contributed by atoms with E-state index in [1.165, 1.54) is 18.5 Å². The highest BCUT2D eigenvalue weighted by molar-refractivity contribution is 5.67.